The Balaban J connectivity index is 1.90. The van der Waals surface area contributed by atoms with Gasteiger partial charge in [0.15, 0.2) is 0 Å². The average molecular weight is 396 g/mol. The van der Waals surface area contributed by atoms with Gasteiger partial charge in [-0.25, -0.2) is 10.5 Å². The third-order valence-corrected chi connectivity index (χ3v) is 5.77. The second-order valence-electron chi connectivity index (χ2n) is 5.94. The molecule has 6 nitrogen and oxygen atoms in total. The first-order valence-electron chi connectivity index (χ1n) is 8.17. The predicted octanol–water partition coefficient (Wildman–Crippen LogP) is 3.01. The lowest BCUT2D eigenvalue weighted by molar-refractivity contribution is -0.120. The van der Waals surface area contributed by atoms with Crippen LogP contribution < -0.4 is 16.8 Å². The summed E-state index contributed by atoms with van der Waals surface area (Å²) in [6.45, 7) is 0. The average Bonchev–Trinajstić information content (AvgIpc) is 3.28. The molecule has 0 aliphatic carbocycles. The summed E-state index contributed by atoms with van der Waals surface area (Å²) < 4.78 is 1.45. The van der Waals surface area contributed by atoms with E-state index in [4.69, 9.17) is 5.84 Å². The zero-order valence-electron chi connectivity index (χ0n) is 14.0. The number of carbonyl (C=O) groups excluding carboxylic acids is 1. The lowest BCUT2D eigenvalue weighted by atomic mass is 10.1. The van der Waals surface area contributed by atoms with Crippen LogP contribution in [0, 0.1) is 0 Å². The van der Waals surface area contributed by atoms with Crippen LogP contribution in [0.2, 0.25) is 0 Å². The molecular weight excluding hydrogens is 380 g/mol. The Hall–Kier alpha value is -2.81. The Kier molecular flexibility index (Phi) is 4.61. The van der Waals surface area contributed by atoms with E-state index in [1.54, 1.807) is 24.3 Å². The highest BCUT2D eigenvalue weighted by molar-refractivity contribution is 7.81. The minimum Gasteiger partial charge on any atom is -0.293 e. The molecule has 0 saturated carbocycles. The molecule has 8 heteroatoms. The highest BCUT2D eigenvalue weighted by atomic mass is 32.1. The largest absolute Gasteiger partial charge is 0.293 e. The Morgan fingerprint density at radius 1 is 1.15 bits per heavy atom. The molecule has 1 amide bonds. The van der Waals surface area contributed by atoms with E-state index in [1.807, 2.05) is 35.7 Å². The Morgan fingerprint density at radius 3 is 2.59 bits per heavy atom. The van der Waals surface area contributed by atoms with Crippen LogP contribution >= 0.6 is 24.0 Å². The van der Waals surface area contributed by atoms with Crippen molar-refractivity contribution in [3.8, 4) is 16.8 Å². The molecule has 0 fully saturated rings. The summed E-state index contributed by atoms with van der Waals surface area (Å²) >= 11 is 5.82. The number of hydrogen-bond acceptors (Lipinski definition) is 5. The number of hydrazine groups is 1. The van der Waals surface area contributed by atoms with Gasteiger partial charge in [0.1, 0.15) is 10.1 Å². The van der Waals surface area contributed by atoms with E-state index in [-0.39, 0.29) is 5.56 Å². The SMILES string of the molecule is NNC(=O)C(S)c1ccccc1-n1[nH]c2scc(-c3ccccc3)c2c1=O. The molecule has 2 heterocycles. The Bertz CT molecular complexity index is 1180. The van der Waals surface area contributed by atoms with Crippen LogP contribution in [0.1, 0.15) is 10.8 Å². The van der Waals surface area contributed by atoms with Crippen molar-refractivity contribution in [1.82, 2.24) is 15.2 Å². The normalized spacial score (nSPS) is 12.2. The number of carbonyl (C=O) groups is 1. The Morgan fingerprint density at radius 2 is 1.85 bits per heavy atom. The Labute approximate surface area is 164 Å². The molecule has 2 aromatic heterocycles. The van der Waals surface area contributed by atoms with E-state index in [0.29, 0.717) is 16.6 Å². The minimum atomic E-state index is -0.798. The smallest absolute Gasteiger partial charge is 0.280 e. The van der Waals surface area contributed by atoms with Crippen molar-refractivity contribution >= 4 is 40.1 Å². The fraction of sp³-hybridized carbons (Fsp3) is 0.0526. The van der Waals surface area contributed by atoms with Crippen molar-refractivity contribution in [3.05, 3.63) is 75.9 Å². The number of thiophene rings is 1. The van der Waals surface area contributed by atoms with Gasteiger partial charge in [-0.3, -0.25) is 20.1 Å². The molecule has 4 aromatic rings. The molecule has 1 unspecified atom stereocenters. The van der Waals surface area contributed by atoms with Crippen molar-refractivity contribution in [3.63, 3.8) is 0 Å². The van der Waals surface area contributed by atoms with Crippen LogP contribution in [-0.2, 0) is 4.79 Å². The number of rotatable bonds is 4. The van der Waals surface area contributed by atoms with Gasteiger partial charge in [-0.05, 0) is 11.6 Å². The number of hydrogen-bond donors (Lipinski definition) is 4. The lowest BCUT2D eigenvalue weighted by Gasteiger charge is -2.14. The molecule has 136 valence electrons. The summed E-state index contributed by atoms with van der Waals surface area (Å²) in [5.74, 6) is 4.79. The predicted molar refractivity (Wildman–Crippen MR) is 111 cm³/mol. The standard InChI is InChI=1S/C19H16N4O2S2/c20-21-17(24)16(26)12-8-4-5-9-14(12)23-19(25)15-13(10-27-18(15)22-23)11-6-2-1-3-7-11/h1-10,16,22,26H,20H2,(H,21,24). The molecular formula is C19H16N4O2S2. The van der Waals surface area contributed by atoms with Crippen molar-refractivity contribution in [1.29, 1.82) is 0 Å². The summed E-state index contributed by atoms with van der Waals surface area (Å²) in [6.07, 6.45) is 0. The molecule has 0 spiro atoms. The molecule has 1 atom stereocenters. The number of para-hydroxylation sites is 1. The van der Waals surface area contributed by atoms with E-state index in [0.717, 1.165) is 16.0 Å². The van der Waals surface area contributed by atoms with Crippen molar-refractivity contribution in [2.75, 3.05) is 0 Å². The van der Waals surface area contributed by atoms with Gasteiger partial charge in [-0.15, -0.1) is 11.3 Å². The van der Waals surface area contributed by atoms with Crippen LogP contribution in [0.15, 0.2) is 64.8 Å². The minimum absolute atomic E-state index is 0.175. The van der Waals surface area contributed by atoms with Crippen LogP contribution in [0.25, 0.3) is 27.0 Å². The zero-order valence-corrected chi connectivity index (χ0v) is 15.8. The van der Waals surface area contributed by atoms with E-state index in [1.165, 1.54) is 16.0 Å². The maximum Gasteiger partial charge on any atom is 0.280 e. The van der Waals surface area contributed by atoms with Gasteiger partial charge in [0.2, 0.25) is 0 Å². The molecule has 0 saturated heterocycles. The first-order valence-corrected chi connectivity index (χ1v) is 9.57. The zero-order chi connectivity index (χ0) is 19.0. The maximum atomic E-state index is 13.2. The number of nitrogens with zero attached hydrogens (tertiary/aromatic N) is 1. The fourth-order valence-corrected chi connectivity index (χ4v) is 4.30. The van der Waals surface area contributed by atoms with E-state index in [9.17, 15) is 9.59 Å². The van der Waals surface area contributed by atoms with Gasteiger partial charge in [-0.2, -0.15) is 12.6 Å². The topological polar surface area (TPSA) is 92.9 Å². The molecule has 4 N–H and O–H groups in total. The lowest BCUT2D eigenvalue weighted by Crippen LogP contribution is -2.33. The van der Waals surface area contributed by atoms with E-state index >= 15 is 0 Å². The first-order chi connectivity index (χ1) is 13.1. The summed E-state index contributed by atoms with van der Waals surface area (Å²) in [5, 5.41) is 4.94. The second-order valence-corrected chi connectivity index (χ2v) is 7.34. The molecule has 0 aliphatic heterocycles. The number of benzene rings is 2. The third kappa shape index (κ3) is 2.97. The van der Waals surface area contributed by atoms with Crippen molar-refractivity contribution in [2.45, 2.75) is 5.25 Å². The van der Waals surface area contributed by atoms with Gasteiger partial charge >= 0.3 is 0 Å². The number of aromatic amines is 1. The van der Waals surface area contributed by atoms with Crippen molar-refractivity contribution < 1.29 is 4.79 Å². The van der Waals surface area contributed by atoms with Crippen LogP contribution in [-0.4, -0.2) is 15.7 Å². The van der Waals surface area contributed by atoms with Crippen LogP contribution in [0.3, 0.4) is 0 Å². The number of thiol groups is 1. The van der Waals surface area contributed by atoms with E-state index < -0.39 is 11.2 Å². The third-order valence-electron chi connectivity index (χ3n) is 4.37. The molecule has 0 bridgehead atoms. The van der Waals surface area contributed by atoms with Gasteiger partial charge in [-0.1, -0.05) is 48.5 Å². The maximum absolute atomic E-state index is 13.2. The summed E-state index contributed by atoms with van der Waals surface area (Å²) in [5.41, 5.74) is 4.94. The summed E-state index contributed by atoms with van der Waals surface area (Å²) in [4.78, 5) is 25.9. The number of H-pyrrole nitrogens is 1. The van der Waals surface area contributed by atoms with Gasteiger partial charge in [0.25, 0.3) is 11.5 Å². The number of amides is 1. The highest BCUT2D eigenvalue weighted by Crippen LogP contribution is 2.32. The summed E-state index contributed by atoms with van der Waals surface area (Å²) in [6, 6.07) is 16.9. The number of nitrogens with one attached hydrogen (secondary N) is 2. The van der Waals surface area contributed by atoms with Gasteiger partial charge < -0.3 is 0 Å². The fourth-order valence-electron chi connectivity index (χ4n) is 3.06. The number of aromatic nitrogens is 2. The van der Waals surface area contributed by atoms with Crippen LogP contribution in [0.4, 0.5) is 0 Å². The molecule has 0 aliphatic rings. The quantitative estimate of drug-likeness (QED) is 0.185. The highest BCUT2D eigenvalue weighted by Gasteiger charge is 2.22. The monoisotopic (exact) mass is 396 g/mol. The second kappa shape index (κ2) is 7.07. The summed E-state index contributed by atoms with van der Waals surface area (Å²) in [7, 11) is 0. The van der Waals surface area contributed by atoms with Gasteiger partial charge in [0.05, 0.1) is 11.1 Å². The number of fused-ring (bicyclic) bond motifs is 1. The molecule has 2 aromatic carbocycles. The first kappa shape index (κ1) is 17.6. The van der Waals surface area contributed by atoms with E-state index in [2.05, 4.69) is 23.2 Å². The number of nitrogens with two attached hydrogens (primary N) is 1. The van der Waals surface area contributed by atoms with Crippen LogP contribution in [0.5, 0.6) is 0 Å². The van der Waals surface area contributed by atoms with Crippen molar-refractivity contribution in [2.24, 2.45) is 5.84 Å². The molecule has 0 radical (unpaired) electrons. The molecule has 4 rings (SSSR count). The molecule has 27 heavy (non-hydrogen) atoms. The van der Waals surface area contributed by atoms with Gasteiger partial charge in [0, 0.05) is 16.5 Å².